The highest BCUT2D eigenvalue weighted by molar-refractivity contribution is 9.10. The van der Waals surface area contributed by atoms with E-state index >= 15 is 0 Å². The maximum atomic E-state index is 12.4. The standard InChI is InChI=1S/C12H15BrN2O4S/c13-9-1-3-11(4-2-9)20(18,19)15-7-5-10(6-8-15)14-12(16)17/h1-4,10,14H,5-8H2,(H,16,17). The second kappa shape index (κ2) is 6.11. The average Bonchev–Trinajstić information content (AvgIpc) is 2.39. The van der Waals surface area contributed by atoms with E-state index in [1.54, 1.807) is 24.3 Å². The Kier molecular flexibility index (Phi) is 4.66. The maximum Gasteiger partial charge on any atom is 0.404 e. The minimum atomic E-state index is -3.49. The van der Waals surface area contributed by atoms with Crippen LogP contribution in [-0.2, 0) is 10.0 Å². The molecule has 2 rings (SSSR count). The van der Waals surface area contributed by atoms with Gasteiger partial charge in [-0.15, -0.1) is 0 Å². The van der Waals surface area contributed by atoms with E-state index in [0.717, 1.165) is 4.47 Å². The zero-order valence-corrected chi connectivity index (χ0v) is 13.0. The van der Waals surface area contributed by atoms with Gasteiger partial charge in [-0.25, -0.2) is 13.2 Å². The third-order valence-corrected chi connectivity index (χ3v) is 5.67. The molecule has 0 aliphatic carbocycles. The van der Waals surface area contributed by atoms with E-state index < -0.39 is 16.1 Å². The Balaban J connectivity index is 2.05. The van der Waals surface area contributed by atoms with Crippen molar-refractivity contribution in [2.75, 3.05) is 13.1 Å². The van der Waals surface area contributed by atoms with E-state index in [0.29, 0.717) is 25.9 Å². The molecule has 1 aromatic rings. The molecule has 1 heterocycles. The van der Waals surface area contributed by atoms with Gasteiger partial charge in [-0.1, -0.05) is 15.9 Å². The number of piperidine rings is 1. The number of nitrogens with zero attached hydrogens (tertiary/aromatic N) is 1. The van der Waals surface area contributed by atoms with Crippen molar-refractivity contribution in [2.45, 2.75) is 23.8 Å². The van der Waals surface area contributed by atoms with Crippen molar-refractivity contribution in [1.29, 1.82) is 0 Å². The lowest BCUT2D eigenvalue weighted by Crippen LogP contribution is -2.46. The molecule has 0 radical (unpaired) electrons. The summed E-state index contributed by atoms with van der Waals surface area (Å²) in [5, 5.41) is 11.0. The highest BCUT2D eigenvalue weighted by atomic mass is 79.9. The molecule has 1 saturated heterocycles. The van der Waals surface area contributed by atoms with Crippen molar-refractivity contribution in [1.82, 2.24) is 9.62 Å². The van der Waals surface area contributed by atoms with Crippen LogP contribution in [0.25, 0.3) is 0 Å². The van der Waals surface area contributed by atoms with Gasteiger partial charge in [-0.3, -0.25) is 0 Å². The molecular formula is C12H15BrN2O4S. The second-order valence-corrected chi connectivity index (χ2v) is 7.44. The minimum absolute atomic E-state index is 0.177. The van der Waals surface area contributed by atoms with Crippen molar-refractivity contribution in [3.8, 4) is 0 Å². The molecule has 1 aromatic carbocycles. The topological polar surface area (TPSA) is 86.7 Å². The molecule has 0 aromatic heterocycles. The first-order valence-corrected chi connectivity index (χ1v) is 8.38. The first-order valence-electron chi connectivity index (χ1n) is 6.15. The summed E-state index contributed by atoms with van der Waals surface area (Å²) < 4.78 is 27.0. The average molecular weight is 363 g/mol. The SMILES string of the molecule is O=C(O)NC1CCN(S(=O)(=O)c2ccc(Br)cc2)CC1. The molecule has 0 unspecified atom stereocenters. The molecule has 1 fully saturated rings. The van der Waals surface area contributed by atoms with Gasteiger partial charge < -0.3 is 10.4 Å². The van der Waals surface area contributed by atoms with Gasteiger partial charge in [0, 0.05) is 23.6 Å². The van der Waals surface area contributed by atoms with E-state index in [2.05, 4.69) is 21.2 Å². The van der Waals surface area contributed by atoms with Crippen LogP contribution in [0, 0.1) is 0 Å². The number of sulfonamides is 1. The predicted molar refractivity (Wildman–Crippen MR) is 77.1 cm³/mol. The summed E-state index contributed by atoms with van der Waals surface area (Å²) in [5.41, 5.74) is 0. The highest BCUT2D eigenvalue weighted by Gasteiger charge is 2.29. The number of hydrogen-bond donors (Lipinski definition) is 2. The summed E-state index contributed by atoms with van der Waals surface area (Å²) in [6.45, 7) is 0.646. The zero-order valence-electron chi connectivity index (χ0n) is 10.6. The summed E-state index contributed by atoms with van der Waals surface area (Å²) in [4.78, 5) is 10.8. The van der Waals surface area contributed by atoms with E-state index in [1.165, 1.54) is 4.31 Å². The lowest BCUT2D eigenvalue weighted by molar-refractivity contribution is 0.183. The van der Waals surface area contributed by atoms with Crippen LogP contribution in [-0.4, -0.2) is 43.1 Å². The summed E-state index contributed by atoms with van der Waals surface area (Å²) >= 11 is 3.27. The molecule has 110 valence electrons. The zero-order chi connectivity index (χ0) is 14.8. The molecule has 0 saturated carbocycles. The highest BCUT2D eigenvalue weighted by Crippen LogP contribution is 2.22. The third kappa shape index (κ3) is 3.50. The van der Waals surface area contributed by atoms with Gasteiger partial charge in [0.05, 0.1) is 4.90 Å². The van der Waals surface area contributed by atoms with Crippen LogP contribution in [0.15, 0.2) is 33.6 Å². The lowest BCUT2D eigenvalue weighted by Gasteiger charge is -2.31. The Morgan fingerprint density at radius 2 is 1.80 bits per heavy atom. The van der Waals surface area contributed by atoms with Gasteiger partial charge >= 0.3 is 6.09 Å². The fourth-order valence-electron chi connectivity index (χ4n) is 2.17. The molecule has 8 heteroatoms. The largest absolute Gasteiger partial charge is 0.465 e. The molecule has 20 heavy (non-hydrogen) atoms. The number of rotatable bonds is 3. The van der Waals surface area contributed by atoms with E-state index in [4.69, 9.17) is 5.11 Å². The summed E-state index contributed by atoms with van der Waals surface area (Å²) in [5.74, 6) is 0. The van der Waals surface area contributed by atoms with Crippen molar-refractivity contribution < 1.29 is 18.3 Å². The van der Waals surface area contributed by atoms with Crippen molar-refractivity contribution in [2.24, 2.45) is 0 Å². The first-order chi connectivity index (χ1) is 9.39. The number of nitrogens with one attached hydrogen (secondary N) is 1. The Morgan fingerprint density at radius 3 is 2.30 bits per heavy atom. The summed E-state index contributed by atoms with van der Waals surface area (Å²) in [6, 6.07) is 6.31. The van der Waals surface area contributed by atoms with Gasteiger partial charge in [0.2, 0.25) is 10.0 Å². The van der Waals surface area contributed by atoms with Crippen LogP contribution in [0.2, 0.25) is 0 Å². The lowest BCUT2D eigenvalue weighted by atomic mass is 10.1. The second-order valence-electron chi connectivity index (χ2n) is 4.58. The number of benzene rings is 1. The number of carboxylic acid groups (broad SMARTS) is 1. The molecule has 2 N–H and O–H groups in total. The number of carbonyl (C=O) groups is 1. The summed E-state index contributed by atoms with van der Waals surface area (Å²) in [7, 11) is -3.49. The van der Waals surface area contributed by atoms with Gasteiger partial charge in [0.1, 0.15) is 0 Å². The van der Waals surface area contributed by atoms with Crippen molar-refractivity contribution >= 4 is 32.0 Å². The maximum absolute atomic E-state index is 12.4. The van der Waals surface area contributed by atoms with Crippen LogP contribution in [0.5, 0.6) is 0 Å². The first kappa shape index (κ1) is 15.3. The molecular weight excluding hydrogens is 348 g/mol. The molecule has 1 aliphatic heterocycles. The Bertz CT molecular complexity index is 580. The van der Waals surface area contributed by atoms with Crippen LogP contribution in [0.3, 0.4) is 0 Å². The third-order valence-electron chi connectivity index (χ3n) is 3.23. The Hall–Kier alpha value is -1.12. The minimum Gasteiger partial charge on any atom is -0.465 e. The number of halogens is 1. The fourth-order valence-corrected chi connectivity index (χ4v) is 3.90. The molecule has 1 aliphatic rings. The Morgan fingerprint density at radius 1 is 1.25 bits per heavy atom. The van der Waals surface area contributed by atoms with Crippen molar-refractivity contribution in [3.05, 3.63) is 28.7 Å². The van der Waals surface area contributed by atoms with Gasteiger partial charge in [0.15, 0.2) is 0 Å². The van der Waals surface area contributed by atoms with Gasteiger partial charge in [-0.2, -0.15) is 4.31 Å². The summed E-state index contributed by atoms with van der Waals surface area (Å²) in [6.07, 6.45) is -0.0939. The van der Waals surface area contributed by atoms with Crippen LogP contribution < -0.4 is 5.32 Å². The van der Waals surface area contributed by atoms with E-state index in [-0.39, 0.29) is 10.9 Å². The number of hydrogen-bond acceptors (Lipinski definition) is 3. The molecule has 0 atom stereocenters. The van der Waals surface area contributed by atoms with Gasteiger partial charge in [-0.05, 0) is 37.1 Å². The predicted octanol–water partition coefficient (Wildman–Crippen LogP) is 1.87. The van der Waals surface area contributed by atoms with E-state index in [9.17, 15) is 13.2 Å². The quantitative estimate of drug-likeness (QED) is 0.859. The fraction of sp³-hybridized carbons (Fsp3) is 0.417. The smallest absolute Gasteiger partial charge is 0.404 e. The van der Waals surface area contributed by atoms with Crippen LogP contribution in [0.4, 0.5) is 4.79 Å². The molecule has 6 nitrogen and oxygen atoms in total. The van der Waals surface area contributed by atoms with Gasteiger partial charge in [0.25, 0.3) is 0 Å². The molecule has 1 amide bonds. The molecule has 0 bridgehead atoms. The monoisotopic (exact) mass is 362 g/mol. The normalized spacial score (nSPS) is 17.9. The van der Waals surface area contributed by atoms with Crippen LogP contribution in [0.1, 0.15) is 12.8 Å². The van der Waals surface area contributed by atoms with Crippen molar-refractivity contribution in [3.63, 3.8) is 0 Å². The number of amides is 1. The van der Waals surface area contributed by atoms with Crippen LogP contribution >= 0.6 is 15.9 Å². The Labute approximate surface area is 126 Å². The molecule has 0 spiro atoms. The van der Waals surface area contributed by atoms with E-state index in [1.807, 2.05) is 0 Å².